The average Bonchev–Trinajstić information content (AvgIpc) is 3.05. The van der Waals surface area contributed by atoms with Crippen molar-refractivity contribution >= 4 is 17.4 Å². The highest BCUT2D eigenvalue weighted by Gasteiger charge is 2.46. The quantitative estimate of drug-likeness (QED) is 0.401. The van der Waals surface area contributed by atoms with Gasteiger partial charge in [0.15, 0.2) is 0 Å². The molecule has 4 rings (SSSR count). The summed E-state index contributed by atoms with van der Waals surface area (Å²) in [5, 5.41) is 11.0. The second kappa shape index (κ2) is 8.16. The predicted molar refractivity (Wildman–Crippen MR) is 109 cm³/mol. The van der Waals surface area contributed by atoms with Crippen LogP contribution < -0.4 is 4.74 Å². The maximum atomic E-state index is 13.0. The first kappa shape index (κ1) is 19.3. The van der Waals surface area contributed by atoms with Gasteiger partial charge in [-0.05, 0) is 35.4 Å². The highest BCUT2D eigenvalue weighted by atomic mass is 16.5. The monoisotopic (exact) mass is 401 g/mol. The van der Waals surface area contributed by atoms with Crippen LogP contribution in [0.1, 0.15) is 22.7 Å². The number of hydrogen-bond donors (Lipinski definition) is 1. The third-order valence-electron chi connectivity index (χ3n) is 4.96. The molecule has 0 radical (unpaired) electrons. The number of rotatable bonds is 5. The number of aliphatic hydroxyl groups is 1. The van der Waals surface area contributed by atoms with Crippen LogP contribution in [-0.4, -0.2) is 38.8 Å². The Labute approximate surface area is 173 Å². The molecule has 0 unspecified atom stereocenters. The van der Waals surface area contributed by atoms with Gasteiger partial charge in [0.1, 0.15) is 11.5 Å². The highest BCUT2D eigenvalue weighted by molar-refractivity contribution is 6.46. The summed E-state index contributed by atoms with van der Waals surface area (Å²) in [4.78, 5) is 35.6. The molecule has 2 aromatic heterocycles. The van der Waals surface area contributed by atoms with Gasteiger partial charge in [-0.1, -0.05) is 24.3 Å². The molecule has 150 valence electrons. The largest absolute Gasteiger partial charge is 0.507 e. The van der Waals surface area contributed by atoms with Crippen molar-refractivity contribution < 1.29 is 19.4 Å². The van der Waals surface area contributed by atoms with Crippen molar-refractivity contribution in [1.82, 2.24) is 14.9 Å². The Hall–Kier alpha value is -4.00. The molecule has 0 saturated carbocycles. The first-order chi connectivity index (χ1) is 14.6. The molecule has 0 spiro atoms. The van der Waals surface area contributed by atoms with Gasteiger partial charge in [0, 0.05) is 36.9 Å². The van der Waals surface area contributed by atoms with Crippen molar-refractivity contribution in [2.45, 2.75) is 12.6 Å². The smallest absolute Gasteiger partial charge is 0.295 e. The highest BCUT2D eigenvalue weighted by Crippen LogP contribution is 2.40. The lowest BCUT2D eigenvalue weighted by atomic mass is 9.96. The molecule has 1 saturated heterocycles. The molecule has 1 amide bonds. The Kier molecular flexibility index (Phi) is 5.26. The number of pyridine rings is 2. The molecule has 1 aromatic carbocycles. The van der Waals surface area contributed by atoms with E-state index in [2.05, 4.69) is 9.97 Å². The third-order valence-corrected chi connectivity index (χ3v) is 4.96. The third kappa shape index (κ3) is 3.53. The number of carbonyl (C=O) groups is 2. The molecule has 3 heterocycles. The van der Waals surface area contributed by atoms with Crippen molar-refractivity contribution in [1.29, 1.82) is 0 Å². The van der Waals surface area contributed by atoms with Gasteiger partial charge in [0.2, 0.25) is 0 Å². The number of Topliss-reactive ketones (excluding diaryl/α,β-unsaturated/α-hetero) is 1. The van der Waals surface area contributed by atoms with Crippen LogP contribution in [0.25, 0.3) is 5.76 Å². The number of ether oxygens (including phenoxy) is 1. The molecule has 0 bridgehead atoms. The topological polar surface area (TPSA) is 92.6 Å². The molecule has 7 nitrogen and oxygen atoms in total. The van der Waals surface area contributed by atoms with E-state index in [4.69, 9.17) is 4.74 Å². The summed E-state index contributed by atoms with van der Waals surface area (Å²) in [6.07, 6.45) is 6.48. The summed E-state index contributed by atoms with van der Waals surface area (Å²) in [6.45, 7) is 0.173. The zero-order chi connectivity index (χ0) is 21.1. The van der Waals surface area contributed by atoms with Crippen molar-refractivity contribution in [3.63, 3.8) is 0 Å². The lowest BCUT2D eigenvalue weighted by Crippen LogP contribution is -2.29. The number of amides is 1. The lowest BCUT2D eigenvalue weighted by Gasteiger charge is -2.25. The molecule has 1 N–H and O–H groups in total. The Bertz CT molecular complexity index is 1110. The summed E-state index contributed by atoms with van der Waals surface area (Å²) >= 11 is 0. The minimum Gasteiger partial charge on any atom is -0.507 e. The fourth-order valence-electron chi connectivity index (χ4n) is 3.54. The number of methoxy groups -OCH3 is 1. The Balaban J connectivity index is 1.85. The minimum atomic E-state index is -0.773. The number of nitrogens with zero attached hydrogens (tertiary/aromatic N) is 3. The van der Waals surface area contributed by atoms with E-state index in [0.29, 0.717) is 16.9 Å². The van der Waals surface area contributed by atoms with Crippen molar-refractivity contribution in [3.05, 3.63) is 95.6 Å². The van der Waals surface area contributed by atoms with Gasteiger partial charge >= 0.3 is 0 Å². The van der Waals surface area contributed by atoms with E-state index in [9.17, 15) is 14.7 Å². The molecular formula is C23H19N3O4. The van der Waals surface area contributed by atoms with E-state index in [1.165, 1.54) is 12.0 Å². The number of benzene rings is 1. The molecule has 1 atom stereocenters. The van der Waals surface area contributed by atoms with Crippen LogP contribution in [0.15, 0.2) is 78.9 Å². The van der Waals surface area contributed by atoms with Crippen LogP contribution in [0.5, 0.6) is 5.75 Å². The van der Waals surface area contributed by atoms with Gasteiger partial charge in [0.05, 0.1) is 18.7 Å². The fraction of sp³-hybridized carbons (Fsp3) is 0.130. The van der Waals surface area contributed by atoms with Crippen molar-refractivity contribution in [3.8, 4) is 5.75 Å². The van der Waals surface area contributed by atoms with Gasteiger partial charge in [-0.3, -0.25) is 19.6 Å². The zero-order valence-corrected chi connectivity index (χ0v) is 16.2. The number of aromatic nitrogens is 2. The van der Waals surface area contributed by atoms with Crippen LogP contribution in [0.2, 0.25) is 0 Å². The van der Waals surface area contributed by atoms with E-state index in [0.717, 1.165) is 5.56 Å². The summed E-state index contributed by atoms with van der Waals surface area (Å²) in [7, 11) is 1.52. The normalized spacial score (nSPS) is 17.9. The van der Waals surface area contributed by atoms with Crippen LogP contribution in [0.4, 0.5) is 0 Å². The zero-order valence-electron chi connectivity index (χ0n) is 16.2. The number of carbonyl (C=O) groups excluding carboxylic acids is 2. The summed E-state index contributed by atoms with van der Waals surface area (Å²) < 4.78 is 5.21. The Morgan fingerprint density at radius 3 is 2.50 bits per heavy atom. The van der Waals surface area contributed by atoms with Gasteiger partial charge in [-0.15, -0.1) is 0 Å². The second-order valence-corrected chi connectivity index (χ2v) is 6.81. The second-order valence-electron chi connectivity index (χ2n) is 6.81. The van der Waals surface area contributed by atoms with Gasteiger partial charge in [-0.2, -0.15) is 0 Å². The van der Waals surface area contributed by atoms with Crippen LogP contribution >= 0.6 is 0 Å². The molecule has 1 aliphatic heterocycles. The predicted octanol–water partition coefficient (Wildman–Crippen LogP) is 3.11. The molecule has 0 aliphatic carbocycles. The van der Waals surface area contributed by atoms with Crippen LogP contribution in [0, 0.1) is 0 Å². The van der Waals surface area contributed by atoms with Gasteiger partial charge < -0.3 is 14.7 Å². The molecule has 7 heteroatoms. The molecule has 30 heavy (non-hydrogen) atoms. The van der Waals surface area contributed by atoms with E-state index >= 15 is 0 Å². The van der Waals surface area contributed by atoms with Gasteiger partial charge in [0.25, 0.3) is 11.7 Å². The van der Waals surface area contributed by atoms with E-state index in [1.54, 1.807) is 67.3 Å². The number of hydrogen-bond acceptors (Lipinski definition) is 6. The van der Waals surface area contributed by atoms with Gasteiger partial charge in [-0.25, -0.2) is 0 Å². The number of aliphatic hydroxyl groups excluding tert-OH is 1. The summed E-state index contributed by atoms with van der Waals surface area (Å²) in [6, 6.07) is 13.0. The number of ketones is 1. The van der Waals surface area contributed by atoms with E-state index in [-0.39, 0.29) is 17.9 Å². The Morgan fingerprint density at radius 2 is 1.83 bits per heavy atom. The van der Waals surface area contributed by atoms with Crippen molar-refractivity contribution in [2.24, 2.45) is 0 Å². The fourth-order valence-corrected chi connectivity index (χ4v) is 3.54. The van der Waals surface area contributed by atoms with E-state index < -0.39 is 17.7 Å². The first-order valence-corrected chi connectivity index (χ1v) is 9.32. The standard InChI is InChI=1S/C23H19N3O4/c1-30-18-8-2-6-16(11-18)21(27)19-20(17-7-4-10-25-13-17)26(23(29)22(19)28)14-15-5-3-9-24-12-15/h2-13,20,27H,14H2,1H3/t20-/m1/s1. The molecule has 3 aromatic rings. The maximum Gasteiger partial charge on any atom is 0.295 e. The Morgan fingerprint density at radius 1 is 1.07 bits per heavy atom. The van der Waals surface area contributed by atoms with Crippen LogP contribution in [-0.2, 0) is 16.1 Å². The first-order valence-electron chi connectivity index (χ1n) is 9.32. The minimum absolute atomic E-state index is 0.0187. The summed E-state index contributed by atoms with van der Waals surface area (Å²) in [5.74, 6) is -1.15. The van der Waals surface area contributed by atoms with Crippen molar-refractivity contribution in [2.75, 3.05) is 7.11 Å². The number of likely N-dealkylation sites (tertiary alicyclic amines) is 1. The van der Waals surface area contributed by atoms with Crippen LogP contribution in [0.3, 0.4) is 0 Å². The molecule has 1 fully saturated rings. The lowest BCUT2D eigenvalue weighted by molar-refractivity contribution is -0.140. The molecule has 1 aliphatic rings. The van der Waals surface area contributed by atoms with E-state index in [1.807, 2.05) is 6.07 Å². The maximum absolute atomic E-state index is 13.0. The SMILES string of the molecule is COc1cccc(C(O)=C2C(=O)C(=O)N(Cc3cccnc3)[C@@H]2c2cccnc2)c1. The summed E-state index contributed by atoms with van der Waals surface area (Å²) in [5.41, 5.74) is 1.81. The average molecular weight is 401 g/mol. The molecular weight excluding hydrogens is 382 g/mol.